The van der Waals surface area contributed by atoms with E-state index in [9.17, 15) is 4.79 Å². The second-order valence-electron chi connectivity index (χ2n) is 6.01. The van der Waals surface area contributed by atoms with E-state index in [-0.39, 0.29) is 12.0 Å². The normalized spacial score (nSPS) is 17.8. The summed E-state index contributed by atoms with van der Waals surface area (Å²) in [6.45, 7) is 2.59. The largest absolute Gasteiger partial charge is 0.384 e. The summed E-state index contributed by atoms with van der Waals surface area (Å²) in [7, 11) is 0. The van der Waals surface area contributed by atoms with Gasteiger partial charge in [0.1, 0.15) is 5.82 Å². The van der Waals surface area contributed by atoms with E-state index in [0.29, 0.717) is 38.5 Å². The molecule has 7 heteroatoms. The van der Waals surface area contributed by atoms with Gasteiger partial charge in [-0.1, -0.05) is 0 Å². The molecule has 2 aromatic rings. The highest BCUT2D eigenvalue weighted by Gasteiger charge is 2.23. The smallest absolute Gasteiger partial charge is 0.224 e. The maximum absolute atomic E-state index is 12.4. The van der Waals surface area contributed by atoms with E-state index < -0.39 is 0 Å². The number of pyridine rings is 1. The highest BCUT2D eigenvalue weighted by atomic mass is 16.5. The highest BCUT2D eigenvalue weighted by molar-refractivity contribution is 5.76. The summed E-state index contributed by atoms with van der Waals surface area (Å²) >= 11 is 0. The van der Waals surface area contributed by atoms with Crippen molar-refractivity contribution in [1.82, 2.24) is 19.4 Å². The Morgan fingerprint density at radius 3 is 3.12 bits per heavy atom. The fraction of sp³-hybridized carbons (Fsp3) is 0.471. The predicted octanol–water partition coefficient (Wildman–Crippen LogP) is 1.11. The van der Waals surface area contributed by atoms with Crippen molar-refractivity contribution in [1.29, 1.82) is 0 Å². The van der Waals surface area contributed by atoms with Crippen LogP contribution in [-0.4, -0.2) is 51.1 Å². The van der Waals surface area contributed by atoms with E-state index in [1.165, 1.54) is 0 Å². The topological polar surface area (TPSA) is 86.3 Å². The summed E-state index contributed by atoms with van der Waals surface area (Å²) in [5.41, 5.74) is 6.85. The summed E-state index contributed by atoms with van der Waals surface area (Å²) in [4.78, 5) is 22.3. The number of carbonyl (C=O) groups is 1. The molecule has 0 spiro atoms. The van der Waals surface area contributed by atoms with Crippen molar-refractivity contribution in [2.75, 3.05) is 25.4 Å². The molecule has 1 fully saturated rings. The number of amides is 1. The van der Waals surface area contributed by atoms with Gasteiger partial charge in [0, 0.05) is 44.6 Å². The monoisotopic (exact) mass is 329 g/mol. The third-order valence-electron chi connectivity index (χ3n) is 4.24. The molecule has 7 nitrogen and oxygen atoms in total. The number of carbonyl (C=O) groups excluding carboxylic acids is 1. The summed E-state index contributed by atoms with van der Waals surface area (Å²) in [5.74, 6) is 0.707. The maximum Gasteiger partial charge on any atom is 0.224 e. The summed E-state index contributed by atoms with van der Waals surface area (Å²) in [6, 6.07) is 3.85. The van der Waals surface area contributed by atoms with Gasteiger partial charge in [0.05, 0.1) is 19.0 Å². The Bertz CT molecular complexity index is 659. The molecule has 24 heavy (non-hydrogen) atoms. The maximum atomic E-state index is 12.4. The number of aryl methyl sites for hydroxylation is 2. The third-order valence-corrected chi connectivity index (χ3v) is 4.24. The number of rotatable bonds is 6. The molecule has 1 aliphatic rings. The number of nitrogens with two attached hydrogens (primary N) is 1. The predicted molar refractivity (Wildman–Crippen MR) is 90.1 cm³/mol. The molecule has 0 saturated carbocycles. The van der Waals surface area contributed by atoms with E-state index in [0.717, 1.165) is 18.4 Å². The van der Waals surface area contributed by atoms with E-state index in [1.54, 1.807) is 18.7 Å². The lowest BCUT2D eigenvalue weighted by Crippen LogP contribution is -2.45. The average Bonchev–Trinajstić information content (AvgIpc) is 3.12. The summed E-state index contributed by atoms with van der Waals surface area (Å²) in [6.07, 6.45) is 9.35. The quantitative estimate of drug-likeness (QED) is 0.858. The Kier molecular flexibility index (Phi) is 5.43. The molecule has 0 aliphatic carbocycles. The molecule has 3 rings (SSSR count). The molecule has 1 saturated heterocycles. The lowest BCUT2D eigenvalue weighted by molar-refractivity contribution is -0.139. The lowest BCUT2D eigenvalue weighted by atomic mass is 10.1. The van der Waals surface area contributed by atoms with Crippen LogP contribution in [0, 0.1) is 0 Å². The molecule has 3 heterocycles. The number of aromatic nitrogens is 3. The Labute approximate surface area is 141 Å². The minimum atomic E-state index is 0.0744. The molecule has 0 bridgehead atoms. The minimum absolute atomic E-state index is 0.0744. The first kappa shape index (κ1) is 16.4. The standard InChI is InChI=1S/C17H23N5O2/c18-16-11-14(3-5-20-16)1-2-15-12-22(9-10-24-15)17(23)4-7-21-8-6-19-13-21/h3,5-6,8,11,13,15H,1-2,4,7,9-10,12H2,(H2,18,20)/t15-/m1/s1. The van der Waals surface area contributed by atoms with Crippen molar-refractivity contribution >= 4 is 11.7 Å². The number of morpholine rings is 1. The van der Waals surface area contributed by atoms with Crippen molar-refractivity contribution < 1.29 is 9.53 Å². The lowest BCUT2D eigenvalue weighted by Gasteiger charge is -2.33. The van der Waals surface area contributed by atoms with Gasteiger partial charge in [-0.3, -0.25) is 4.79 Å². The van der Waals surface area contributed by atoms with E-state index in [1.807, 2.05) is 27.8 Å². The zero-order valence-corrected chi connectivity index (χ0v) is 13.7. The highest BCUT2D eigenvalue weighted by Crippen LogP contribution is 2.14. The molecule has 0 radical (unpaired) electrons. The first-order chi connectivity index (χ1) is 11.7. The molecular weight excluding hydrogens is 306 g/mol. The van der Waals surface area contributed by atoms with Crippen LogP contribution in [0.2, 0.25) is 0 Å². The average molecular weight is 329 g/mol. The molecule has 1 aliphatic heterocycles. The SMILES string of the molecule is Nc1cc(CC[C@@H]2CN(C(=O)CCn3ccnc3)CCO2)ccn1. The van der Waals surface area contributed by atoms with Gasteiger partial charge in [-0.05, 0) is 30.5 Å². The van der Waals surface area contributed by atoms with Crippen LogP contribution >= 0.6 is 0 Å². The van der Waals surface area contributed by atoms with Crippen molar-refractivity contribution in [3.8, 4) is 0 Å². The van der Waals surface area contributed by atoms with Crippen molar-refractivity contribution in [2.24, 2.45) is 0 Å². The van der Waals surface area contributed by atoms with E-state index in [2.05, 4.69) is 9.97 Å². The van der Waals surface area contributed by atoms with Gasteiger partial charge in [0.25, 0.3) is 0 Å². The molecule has 1 amide bonds. The number of ether oxygens (including phenoxy) is 1. The Balaban J connectivity index is 1.46. The van der Waals surface area contributed by atoms with Gasteiger partial charge in [0.2, 0.25) is 5.91 Å². The fourth-order valence-electron chi connectivity index (χ4n) is 2.90. The number of hydrogen-bond donors (Lipinski definition) is 1. The Morgan fingerprint density at radius 1 is 1.42 bits per heavy atom. The number of nitrogens with zero attached hydrogens (tertiary/aromatic N) is 4. The van der Waals surface area contributed by atoms with Crippen molar-refractivity contribution in [2.45, 2.75) is 31.9 Å². The van der Waals surface area contributed by atoms with E-state index in [4.69, 9.17) is 10.5 Å². The zero-order chi connectivity index (χ0) is 16.8. The minimum Gasteiger partial charge on any atom is -0.384 e. The summed E-state index contributed by atoms with van der Waals surface area (Å²) in [5, 5.41) is 0. The van der Waals surface area contributed by atoms with Gasteiger partial charge >= 0.3 is 0 Å². The van der Waals surface area contributed by atoms with Gasteiger partial charge in [-0.2, -0.15) is 0 Å². The van der Waals surface area contributed by atoms with E-state index >= 15 is 0 Å². The zero-order valence-electron chi connectivity index (χ0n) is 13.7. The van der Waals surface area contributed by atoms with Gasteiger partial charge in [0.15, 0.2) is 0 Å². The number of hydrogen-bond acceptors (Lipinski definition) is 5. The van der Waals surface area contributed by atoms with Crippen LogP contribution in [-0.2, 0) is 22.5 Å². The Morgan fingerprint density at radius 2 is 2.33 bits per heavy atom. The van der Waals surface area contributed by atoms with Crippen molar-refractivity contribution in [3.63, 3.8) is 0 Å². The van der Waals surface area contributed by atoms with Crippen LogP contribution in [0.3, 0.4) is 0 Å². The van der Waals surface area contributed by atoms with Crippen LogP contribution in [0.15, 0.2) is 37.1 Å². The number of anilines is 1. The number of nitrogen functional groups attached to an aromatic ring is 1. The molecule has 1 atom stereocenters. The first-order valence-electron chi connectivity index (χ1n) is 8.26. The fourth-order valence-corrected chi connectivity index (χ4v) is 2.90. The first-order valence-corrected chi connectivity index (χ1v) is 8.26. The third kappa shape index (κ3) is 4.55. The number of imidazole rings is 1. The van der Waals surface area contributed by atoms with Gasteiger partial charge in [-0.15, -0.1) is 0 Å². The summed E-state index contributed by atoms with van der Waals surface area (Å²) < 4.78 is 7.73. The van der Waals surface area contributed by atoms with Crippen LogP contribution < -0.4 is 5.73 Å². The van der Waals surface area contributed by atoms with Crippen molar-refractivity contribution in [3.05, 3.63) is 42.6 Å². The van der Waals surface area contributed by atoms with Crippen LogP contribution in [0.1, 0.15) is 18.4 Å². The second-order valence-corrected chi connectivity index (χ2v) is 6.01. The van der Waals surface area contributed by atoms with Gasteiger partial charge in [-0.25, -0.2) is 9.97 Å². The molecule has 0 unspecified atom stereocenters. The van der Waals surface area contributed by atoms with Gasteiger partial charge < -0.3 is 19.9 Å². The molecule has 2 N–H and O–H groups in total. The molecular formula is C17H23N5O2. The molecule has 2 aromatic heterocycles. The second kappa shape index (κ2) is 7.92. The molecule has 128 valence electrons. The van der Waals surface area contributed by atoms with Crippen LogP contribution in [0.5, 0.6) is 0 Å². The van der Waals surface area contributed by atoms with Crippen LogP contribution in [0.4, 0.5) is 5.82 Å². The Hall–Kier alpha value is -2.41. The van der Waals surface area contributed by atoms with Crippen LogP contribution in [0.25, 0.3) is 0 Å². The molecule has 0 aromatic carbocycles.